The lowest BCUT2D eigenvalue weighted by Gasteiger charge is -2.26. The first-order valence-electron chi connectivity index (χ1n) is 6.32. The number of aliphatic hydroxyl groups excluding tert-OH is 1. The Bertz CT molecular complexity index is 470. The molecule has 17 heavy (non-hydrogen) atoms. The molecule has 2 saturated carbocycles. The molecule has 1 aromatic carbocycles. The van der Waals surface area contributed by atoms with Crippen LogP contribution in [0.2, 0.25) is 0 Å². The lowest BCUT2D eigenvalue weighted by Crippen LogP contribution is -2.36. The van der Waals surface area contributed by atoms with Crippen molar-refractivity contribution < 1.29 is 9.94 Å². The quantitative estimate of drug-likeness (QED) is 0.798. The van der Waals surface area contributed by atoms with E-state index in [9.17, 15) is 5.11 Å². The van der Waals surface area contributed by atoms with Crippen molar-refractivity contribution in [3.63, 3.8) is 0 Å². The minimum Gasteiger partial charge on any atom is -0.393 e. The number of benzene rings is 1. The van der Waals surface area contributed by atoms with E-state index in [4.69, 9.17) is 4.84 Å². The second kappa shape index (κ2) is 3.33. The average molecular weight is 229 g/mol. The van der Waals surface area contributed by atoms with E-state index in [-0.39, 0.29) is 12.2 Å². The first-order chi connectivity index (χ1) is 8.34. The van der Waals surface area contributed by atoms with Gasteiger partial charge < -0.3 is 9.94 Å². The number of fused-ring (bicyclic) bond motifs is 5. The molecule has 2 fully saturated rings. The Morgan fingerprint density at radius 3 is 2.82 bits per heavy atom. The van der Waals surface area contributed by atoms with Gasteiger partial charge in [-0.05, 0) is 24.3 Å². The lowest BCUT2D eigenvalue weighted by molar-refractivity contribution is -0.0262. The predicted octanol–water partition coefficient (Wildman–Crippen LogP) is 1.81. The molecular formula is C14H15NO2. The van der Waals surface area contributed by atoms with Gasteiger partial charge in [0.15, 0.2) is 0 Å². The third-order valence-electron chi connectivity index (χ3n) is 4.56. The van der Waals surface area contributed by atoms with Gasteiger partial charge in [-0.25, -0.2) is 0 Å². The van der Waals surface area contributed by atoms with Gasteiger partial charge in [0, 0.05) is 11.8 Å². The number of aliphatic hydroxyl groups is 1. The van der Waals surface area contributed by atoms with Gasteiger partial charge in [-0.2, -0.15) is 0 Å². The minimum atomic E-state index is -0.174. The van der Waals surface area contributed by atoms with Crippen molar-refractivity contribution in [1.82, 2.24) is 0 Å². The van der Waals surface area contributed by atoms with E-state index in [1.165, 1.54) is 5.56 Å². The largest absolute Gasteiger partial charge is 0.393 e. The monoisotopic (exact) mass is 229 g/mol. The molecule has 2 bridgehead atoms. The van der Waals surface area contributed by atoms with E-state index in [1.807, 2.05) is 18.2 Å². The van der Waals surface area contributed by atoms with E-state index in [1.54, 1.807) is 0 Å². The van der Waals surface area contributed by atoms with Crippen molar-refractivity contribution in [2.45, 2.75) is 25.0 Å². The van der Waals surface area contributed by atoms with E-state index >= 15 is 0 Å². The summed E-state index contributed by atoms with van der Waals surface area (Å²) in [7, 11) is 0. The molecule has 1 aromatic rings. The van der Waals surface area contributed by atoms with Gasteiger partial charge in [-0.15, -0.1) is 0 Å². The zero-order chi connectivity index (χ0) is 11.4. The first kappa shape index (κ1) is 9.66. The number of rotatable bonds is 1. The van der Waals surface area contributed by atoms with Crippen molar-refractivity contribution >= 4 is 5.71 Å². The Morgan fingerprint density at radius 2 is 2.00 bits per heavy atom. The summed E-state index contributed by atoms with van der Waals surface area (Å²) in [5, 5.41) is 14.2. The average Bonchev–Trinajstić information content (AvgIpc) is 3.00. The Morgan fingerprint density at radius 1 is 1.18 bits per heavy atom. The standard InChI is InChI=1S/C14H15NO2/c16-11-7-9-6-10(11)14-12(9)13(15-17-14)8-4-2-1-3-5-8/h1-5,9-12,14,16H,6-7H2/t9-,10+,11-,12+,14+/m0/s1. The molecular weight excluding hydrogens is 214 g/mol. The minimum absolute atomic E-state index is 0.124. The van der Waals surface area contributed by atoms with Crippen molar-refractivity contribution in [3.8, 4) is 0 Å². The third kappa shape index (κ3) is 1.23. The molecule has 0 unspecified atom stereocenters. The lowest BCUT2D eigenvalue weighted by atomic mass is 9.80. The van der Waals surface area contributed by atoms with Crippen LogP contribution in [0.5, 0.6) is 0 Å². The van der Waals surface area contributed by atoms with Gasteiger partial charge in [-0.3, -0.25) is 0 Å². The normalized spacial score (nSPS) is 42.2. The van der Waals surface area contributed by atoms with E-state index in [2.05, 4.69) is 17.3 Å². The molecule has 1 N–H and O–H groups in total. The summed E-state index contributed by atoms with van der Waals surface area (Å²) in [6.45, 7) is 0. The number of nitrogens with zero attached hydrogens (tertiary/aromatic N) is 1. The van der Waals surface area contributed by atoms with Crippen LogP contribution in [-0.4, -0.2) is 23.0 Å². The molecule has 3 nitrogen and oxygen atoms in total. The van der Waals surface area contributed by atoms with Crippen molar-refractivity contribution in [1.29, 1.82) is 0 Å². The smallest absolute Gasteiger partial charge is 0.141 e. The first-order valence-corrected chi connectivity index (χ1v) is 6.32. The third-order valence-corrected chi connectivity index (χ3v) is 4.56. The highest BCUT2D eigenvalue weighted by Crippen LogP contribution is 2.53. The molecule has 5 atom stereocenters. The SMILES string of the molecule is O[C@H]1C[C@@H]2C[C@H]1[C@H]1ON=C(c3ccccc3)[C@@H]21. The van der Waals surface area contributed by atoms with Crippen molar-refractivity contribution in [3.05, 3.63) is 35.9 Å². The molecule has 3 aliphatic rings. The molecule has 0 radical (unpaired) electrons. The molecule has 2 aliphatic carbocycles. The summed E-state index contributed by atoms with van der Waals surface area (Å²) >= 11 is 0. The van der Waals surface area contributed by atoms with Crippen LogP contribution in [0.15, 0.2) is 35.5 Å². The predicted molar refractivity (Wildman–Crippen MR) is 63.6 cm³/mol. The number of oxime groups is 1. The Kier molecular flexibility index (Phi) is 1.89. The van der Waals surface area contributed by atoms with Crippen LogP contribution >= 0.6 is 0 Å². The van der Waals surface area contributed by atoms with Gasteiger partial charge in [0.25, 0.3) is 0 Å². The molecule has 0 spiro atoms. The molecule has 1 heterocycles. The summed E-state index contributed by atoms with van der Waals surface area (Å²) in [5.74, 6) is 1.27. The fourth-order valence-corrected chi connectivity index (χ4v) is 3.82. The summed E-state index contributed by atoms with van der Waals surface area (Å²) < 4.78 is 0. The van der Waals surface area contributed by atoms with Crippen LogP contribution < -0.4 is 0 Å². The fraction of sp³-hybridized carbons (Fsp3) is 0.500. The summed E-state index contributed by atoms with van der Waals surface area (Å²) in [6.07, 6.45) is 1.97. The highest BCUT2D eigenvalue weighted by atomic mass is 16.6. The van der Waals surface area contributed by atoms with Crippen molar-refractivity contribution in [2.75, 3.05) is 0 Å². The number of hydrogen-bond donors (Lipinski definition) is 1. The summed E-state index contributed by atoms with van der Waals surface area (Å²) in [5.41, 5.74) is 2.26. The van der Waals surface area contributed by atoms with E-state index < -0.39 is 0 Å². The molecule has 3 heteroatoms. The molecule has 0 aromatic heterocycles. The van der Waals surface area contributed by atoms with Crippen LogP contribution in [-0.2, 0) is 4.84 Å². The maximum atomic E-state index is 9.89. The molecule has 0 amide bonds. The van der Waals surface area contributed by atoms with Gasteiger partial charge in [0.2, 0.25) is 0 Å². The Labute approximate surface area is 100 Å². The summed E-state index contributed by atoms with van der Waals surface area (Å²) in [4.78, 5) is 5.58. The second-order valence-corrected chi connectivity index (χ2v) is 5.40. The topological polar surface area (TPSA) is 41.8 Å². The Hall–Kier alpha value is -1.35. The van der Waals surface area contributed by atoms with Crippen LogP contribution in [0, 0.1) is 17.8 Å². The molecule has 88 valence electrons. The zero-order valence-corrected chi connectivity index (χ0v) is 9.49. The van der Waals surface area contributed by atoms with Gasteiger partial charge >= 0.3 is 0 Å². The van der Waals surface area contributed by atoms with Crippen molar-refractivity contribution in [2.24, 2.45) is 22.9 Å². The summed E-state index contributed by atoms with van der Waals surface area (Å²) in [6, 6.07) is 10.3. The fourth-order valence-electron chi connectivity index (χ4n) is 3.82. The van der Waals surface area contributed by atoms with Crippen LogP contribution in [0.3, 0.4) is 0 Å². The Balaban J connectivity index is 1.69. The molecule has 1 aliphatic heterocycles. The zero-order valence-electron chi connectivity index (χ0n) is 9.49. The molecule has 4 rings (SSSR count). The molecule has 0 saturated heterocycles. The van der Waals surface area contributed by atoms with Gasteiger partial charge in [0.1, 0.15) is 6.10 Å². The number of hydrogen-bond acceptors (Lipinski definition) is 3. The second-order valence-electron chi connectivity index (χ2n) is 5.40. The van der Waals surface area contributed by atoms with Gasteiger partial charge in [-0.1, -0.05) is 35.5 Å². The maximum absolute atomic E-state index is 9.89. The van der Waals surface area contributed by atoms with Crippen LogP contribution in [0.4, 0.5) is 0 Å². The van der Waals surface area contributed by atoms with Crippen LogP contribution in [0.25, 0.3) is 0 Å². The maximum Gasteiger partial charge on any atom is 0.141 e. The van der Waals surface area contributed by atoms with E-state index in [0.29, 0.717) is 17.8 Å². The highest BCUT2D eigenvalue weighted by Gasteiger charge is 2.58. The highest BCUT2D eigenvalue weighted by molar-refractivity contribution is 6.03. The van der Waals surface area contributed by atoms with Crippen LogP contribution in [0.1, 0.15) is 18.4 Å². The van der Waals surface area contributed by atoms with Gasteiger partial charge in [0.05, 0.1) is 11.8 Å². The van der Waals surface area contributed by atoms with E-state index in [0.717, 1.165) is 18.6 Å².